The van der Waals surface area contributed by atoms with Gasteiger partial charge in [-0.05, 0) is 42.0 Å². The van der Waals surface area contributed by atoms with Crippen LogP contribution in [0.2, 0.25) is 5.02 Å². The Balaban J connectivity index is 1.74. The van der Waals surface area contributed by atoms with Crippen LogP contribution in [-0.4, -0.2) is 15.6 Å². The molecule has 9 heteroatoms. The summed E-state index contributed by atoms with van der Waals surface area (Å²) in [5.74, 6) is -0.597. The number of anilines is 1. The van der Waals surface area contributed by atoms with Gasteiger partial charge in [0, 0.05) is 29.0 Å². The van der Waals surface area contributed by atoms with Crippen LogP contribution in [0, 0.1) is 10.1 Å². The first-order valence-corrected chi connectivity index (χ1v) is 8.47. The zero-order chi connectivity index (χ0) is 20.1. The maximum absolute atomic E-state index is 12.5. The van der Waals surface area contributed by atoms with E-state index in [1.165, 1.54) is 36.5 Å². The standard InChI is InChI=1S/C19H14ClN3O5/c20-14-6-8-15(9-7-14)21-18(24)17-5-2-10-22(19(17)25)28-12-13-3-1-4-16(11-13)23(26)27/h1-11H,12H2,(H,21,24). The Bertz CT molecular complexity index is 1080. The molecule has 1 aromatic heterocycles. The summed E-state index contributed by atoms with van der Waals surface area (Å²) in [7, 11) is 0. The van der Waals surface area contributed by atoms with E-state index in [9.17, 15) is 19.7 Å². The lowest BCUT2D eigenvalue weighted by atomic mass is 10.2. The highest BCUT2D eigenvalue weighted by molar-refractivity contribution is 6.30. The van der Waals surface area contributed by atoms with Crippen molar-refractivity contribution in [1.82, 2.24) is 4.73 Å². The van der Waals surface area contributed by atoms with E-state index in [2.05, 4.69) is 5.32 Å². The molecule has 0 aliphatic carbocycles. The molecule has 0 atom stereocenters. The molecular weight excluding hydrogens is 386 g/mol. The van der Waals surface area contributed by atoms with Crippen LogP contribution in [0.1, 0.15) is 15.9 Å². The number of non-ortho nitro benzene ring substituents is 1. The van der Waals surface area contributed by atoms with E-state index in [4.69, 9.17) is 16.4 Å². The van der Waals surface area contributed by atoms with Crippen LogP contribution in [0.3, 0.4) is 0 Å². The molecule has 0 fully saturated rings. The highest BCUT2D eigenvalue weighted by Crippen LogP contribution is 2.14. The van der Waals surface area contributed by atoms with Gasteiger partial charge in [0.15, 0.2) is 0 Å². The van der Waals surface area contributed by atoms with Crippen molar-refractivity contribution in [3.8, 4) is 0 Å². The SMILES string of the molecule is O=C(Nc1ccc(Cl)cc1)c1cccn(OCc2cccc([N+](=O)[O-])c2)c1=O. The summed E-state index contributed by atoms with van der Waals surface area (Å²) in [5.41, 5.74) is 0.152. The molecule has 28 heavy (non-hydrogen) atoms. The third-order valence-electron chi connectivity index (χ3n) is 3.75. The fourth-order valence-electron chi connectivity index (χ4n) is 2.39. The van der Waals surface area contributed by atoms with Gasteiger partial charge in [0.2, 0.25) is 0 Å². The van der Waals surface area contributed by atoms with Crippen molar-refractivity contribution >= 4 is 28.9 Å². The molecule has 1 amide bonds. The van der Waals surface area contributed by atoms with Gasteiger partial charge < -0.3 is 10.2 Å². The highest BCUT2D eigenvalue weighted by atomic mass is 35.5. The number of hydrogen-bond donors (Lipinski definition) is 1. The second-order valence-corrected chi connectivity index (χ2v) is 6.15. The molecule has 3 rings (SSSR count). The van der Waals surface area contributed by atoms with Crippen molar-refractivity contribution in [2.45, 2.75) is 6.61 Å². The van der Waals surface area contributed by atoms with Gasteiger partial charge in [-0.25, -0.2) is 0 Å². The van der Waals surface area contributed by atoms with Crippen molar-refractivity contribution in [3.05, 3.63) is 103 Å². The molecule has 8 nitrogen and oxygen atoms in total. The summed E-state index contributed by atoms with van der Waals surface area (Å²) < 4.78 is 0.912. The smallest absolute Gasteiger partial charge is 0.295 e. The number of halogens is 1. The number of rotatable bonds is 6. The number of carbonyl (C=O) groups is 1. The monoisotopic (exact) mass is 399 g/mol. The van der Waals surface area contributed by atoms with Crippen LogP contribution in [0.25, 0.3) is 0 Å². The van der Waals surface area contributed by atoms with Gasteiger partial charge in [0.25, 0.3) is 17.2 Å². The molecule has 0 saturated carbocycles. The first kappa shape index (κ1) is 19.1. The number of benzene rings is 2. The lowest BCUT2D eigenvalue weighted by Crippen LogP contribution is -2.32. The van der Waals surface area contributed by atoms with Crippen molar-refractivity contribution in [1.29, 1.82) is 0 Å². The number of carbonyl (C=O) groups excluding carboxylic acids is 1. The van der Waals surface area contributed by atoms with Crippen LogP contribution in [0.4, 0.5) is 11.4 Å². The summed E-state index contributed by atoms with van der Waals surface area (Å²) in [4.78, 5) is 40.6. The number of nitrogens with zero attached hydrogens (tertiary/aromatic N) is 2. The Morgan fingerprint density at radius 1 is 1.14 bits per heavy atom. The largest absolute Gasteiger partial charge is 0.406 e. The topological polar surface area (TPSA) is 103 Å². The van der Waals surface area contributed by atoms with E-state index in [0.29, 0.717) is 16.3 Å². The summed E-state index contributed by atoms with van der Waals surface area (Å²) in [5, 5.41) is 14.0. The number of pyridine rings is 1. The minimum absolute atomic E-state index is 0.0791. The second kappa shape index (κ2) is 8.36. The molecular formula is C19H14ClN3O5. The van der Waals surface area contributed by atoms with E-state index in [0.717, 1.165) is 4.73 Å². The van der Waals surface area contributed by atoms with Crippen LogP contribution >= 0.6 is 11.6 Å². The predicted octanol–water partition coefficient (Wildman–Crippen LogP) is 3.29. The van der Waals surface area contributed by atoms with Gasteiger partial charge >= 0.3 is 0 Å². The lowest BCUT2D eigenvalue weighted by Gasteiger charge is -2.10. The normalized spacial score (nSPS) is 10.3. The Hall–Kier alpha value is -3.65. The van der Waals surface area contributed by atoms with Gasteiger partial charge in [-0.2, -0.15) is 4.73 Å². The van der Waals surface area contributed by atoms with Gasteiger partial charge in [0.05, 0.1) is 4.92 Å². The van der Waals surface area contributed by atoms with Gasteiger partial charge in [-0.15, -0.1) is 0 Å². The summed E-state index contributed by atoms with van der Waals surface area (Å²) in [6, 6.07) is 15.2. The Kier molecular flexibility index (Phi) is 5.71. The molecule has 3 aromatic rings. The number of nitrogens with one attached hydrogen (secondary N) is 1. The van der Waals surface area contributed by atoms with Crippen molar-refractivity contribution in [2.24, 2.45) is 0 Å². The van der Waals surface area contributed by atoms with Crippen LogP contribution in [0.15, 0.2) is 71.7 Å². The molecule has 142 valence electrons. The van der Waals surface area contributed by atoms with Crippen LogP contribution in [-0.2, 0) is 6.61 Å². The third-order valence-corrected chi connectivity index (χ3v) is 4.01. The van der Waals surface area contributed by atoms with E-state index in [1.54, 1.807) is 30.3 Å². The Labute approximate surface area is 164 Å². The first-order chi connectivity index (χ1) is 13.4. The fourth-order valence-corrected chi connectivity index (χ4v) is 2.51. The minimum Gasteiger partial charge on any atom is -0.406 e. The maximum atomic E-state index is 12.5. The summed E-state index contributed by atoms with van der Waals surface area (Å²) >= 11 is 5.80. The molecule has 0 unspecified atom stereocenters. The van der Waals surface area contributed by atoms with E-state index < -0.39 is 16.4 Å². The van der Waals surface area contributed by atoms with E-state index >= 15 is 0 Å². The Morgan fingerprint density at radius 3 is 2.61 bits per heavy atom. The average Bonchev–Trinajstić information content (AvgIpc) is 2.69. The van der Waals surface area contributed by atoms with Crippen molar-refractivity contribution < 1.29 is 14.6 Å². The fraction of sp³-hybridized carbons (Fsp3) is 0.0526. The average molecular weight is 400 g/mol. The zero-order valence-corrected chi connectivity index (χ0v) is 15.1. The van der Waals surface area contributed by atoms with Gasteiger partial charge in [0.1, 0.15) is 12.2 Å². The van der Waals surface area contributed by atoms with Crippen LogP contribution < -0.4 is 15.7 Å². The third kappa shape index (κ3) is 4.54. The van der Waals surface area contributed by atoms with E-state index in [-0.39, 0.29) is 17.9 Å². The van der Waals surface area contributed by atoms with E-state index in [1.807, 2.05) is 0 Å². The first-order valence-electron chi connectivity index (χ1n) is 8.09. The van der Waals surface area contributed by atoms with Crippen molar-refractivity contribution in [3.63, 3.8) is 0 Å². The quantitative estimate of drug-likeness (QED) is 0.506. The molecule has 0 aliphatic rings. The number of amides is 1. The number of nitro groups is 1. The molecule has 0 radical (unpaired) electrons. The number of hydrogen-bond acceptors (Lipinski definition) is 5. The van der Waals surface area contributed by atoms with Crippen LogP contribution in [0.5, 0.6) is 0 Å². The number of aromatic nitrogens is 1. The molecule has 1 N–H and O–H groups in total. The second-order valence-electron chi connectivity index (χ2n) is 5.71. The Morgan fingerprint density at radius 2 is 1.89 bits per heavy atom. The summed E-state index contributed by atoms with van der Waals surface area (Å²) in [6.45, 7) is -0.0795. The zero-order valence-electron chi connectivity index (χ0n) is 14.4. The lowest BCUT2D eigenvalue weighted by molar-refractivity contribution is -0.384. The summed E-state index contributed by atoms with van der Waals surface area (Å²) in [6.07, 6.45) is 1.36. The highest BCUT2D eigenvalue weighted by Gasteiger charge is 2.13. The van der Waals surface area contributed by atoms with Gasteiger partial charge in [-0.3, -0.25) is 19.7 Å². The number of nitro benzene ring substituents is 1. The van der Waals surface area contributed by atoms with Crippen molar-refractivity contribution in [2.75, 3.05) is 5.32 Å². The molecule has 0 aliphatic heterocycles. The minimum atomic E-state index is -0.653. The molecule has 2 aromatic carbocycles. The maximum Gasteiger partial charge on any atom is 0.295 e. The predicted molar refractivity (Wildman–Crippen MR) is 103 cm³/mol. The molecule has 0 saturated heterocycles. The molecule has 0 bridgehead atoms. The van der Waals surface area contributed by atoms with Gasteiger partial charge in [-0.1, -0.05) is 23.7 Å². The molecule has 0 spiro atoms. The molecule has 1 heterocycles.